The number of hydrogen-bond acceptors (Lipinski definition) is 1. The zero-order valence-corrected chi connectivity index (χ0v) is 7.50. The van der Waals surface area contributed by atoms with Gasteiger partial charge < -0.3 is 5.11 Å². The number of aliphatic carboxylic acids is 1. The summed E-state index contributed by atoms with van der Waals surface area (Å²) in [6.07, 6.45) is 7.03. The van der Waals surface area contributed by atoms with Gasteiger partial charge in [0, 0.05) is 0 Å². The number of carboxylic acids is 1. The summed E-state index contributed by atoms with van der Waals surface area (Å²) in [6.45, 7) is 4.01. The van der Waals surface area contributed by atoms with Crippen LogP contribution in [0.3, 0.4) is 0 Å². The highest BCUT2D eigenvalue weighted by atomic mass is 16.4. The SMILES string of the molecule is CC1=CC=CC(C)(CC(=O)O)C1. The number of rotatable bonds is 2. The summed E-state index contributed by atoms with van der Waals surface area (Å²) in [4.78, 5) is 10.5. The number of hydrogen-bond donors (Lipinski definition) is 1. The van der Waals surface area contributed by atoms with Gasteiger partial charge in [0.1, 0.15) is 0 Å². The standard InChI is InChI=1S/C10H14O2/c1-8-4-3-5-10(2,6-8)7-9(11)12/h3-5H,6-7H2,1-2H3,(H,11,12). The Hall–Kier alpha value is -1.05. The summed E-state index contributed by atoms with van der Waals surface area (Å²) >= 11 is 0. The zero-order chi connectivity index (χ0) is 9.19. The fourth-order valence-corrected chi connectivity index (χ4v) is 1.67. The topological polar surface area (TPSA) is 37.3 Å². The highest BCUT2D eigenvalue weighted by molar-refractivity contribution is 5.68. The Labute approximate surface area is 72.6 Å². The molecule has 12 heavy (non-hydrogen) atoms. The minimum atomic E-state index is -0.725. The average Bonchev–Trinajstić information content (AvgIpc) is 1.82. The Morgan fingerprint density at radius 1 is 1.75 bits per heavy atom. The van der Waals surface area contributed by atoms with E-state index in [4.69, 9.17) is 5.11 Å². The second-order valence-electron chi connectivity index (χ2n) is 3.77. The fraction of sp³-hybridized carbons (Fsp3) is 0.500. The molecule has 2 heteroatoms. The van der Waals surface area contributed by atoms with Crippen molar-refractivity contribution in [3.8, 4) is 0 Å². The predicted octanol–water partition coefficient (Wildman–Crippen LogP) is 2.37. The van der Waals surface area contributed by atoms with E-state index in [2.05, 4.69) is 0 Å². The summed E-state index contributed by atoms with van der Waals surface area (Å²) < 4.78 is 0. The highest BCUT2D eigenvalue weighted by Gasteiger charge is 2.25. The lowest BCUT2D eigenvalue weighted by atomic mass is 9.78. The zero-order valence-electron chi connectivity index (χ0n) is 7.50. The van der Waals surface area contributed by atoms with Crippen molar-refractivity contribution in [3.63, 3.8) is 0 Å². The average molecular weight is 166 g/mol. The van der Waals surface area contributed by atoms with Crippen LogP contribution in [0.15, 0.2) is 23.8 Å². The Morgan fingerprint density at radius 3 is 2.92 bits per heavy atom. The largest absolute Gasteiger partial charge is 0.481 e. The molecule has 1 N–H and O–H groups in total. The van der Waals surface area contributed by atoms with Crippen LogP contribution in [0.1, 0.15) is 26.7 Å². The van der Waals surface area contributed by atoms with E-state index in [1.54, 1.807) is 0 Å². The number of carboxylic acid groups (broad SMARTS) is 1. The van der Waals surface area contributed by atoms with Gasteiger partial charge in [-0.25, -0.2) is 0 Å². The summed E-state index contributed by atoms with van der Waals surface area (Å²) in [5.41, 5.74) is 1.08. The van der Waals surface area contributed by atoms with Crippen LogP contribution in [-0.2, 0) is 4.79 Å². The Balaban J connectivity index is 2.69. The van der Waals surface area contributed by atoms with Gasteiger partial charge in [-0.15, -0.1) is 0 Å². The molecule has 0 amide bonds. The van der Waals surface area contributed by atoms with Crippen molar-refractivity contribution in [2.75, 3.05) is 0 Å². The Morgan fingerprint density at radius 2 is 2.42 bits per heavy atom. The van der Waals surface area contributed by atoms with Crippen LogP contribution in [0.2, 0.25) is 0 Å². The van der Waals surface area contributed by atoms with Gasteiger partial charge in [0.2, 0.25) is 0 Å². The molecule has 2 nitrogen and oxygen atoms in total. The first kappa shape index (κ1) is 9.04. The molecule has 0 saturated carbocycles. The van der Waals surface area contributed by atoms with Gasteiger partial charge in [0.25, 0.3) is 0 Å². The minimum absolute atomic E-state index is 0.176. The van der Waals surface area contributed by atoms with Crippen LogP contribution in [0.25, 0.3) is 0 Å². The molecule has 0 bridgehead atoms. The van der Waals surface area contributed by atoms with Crippen molar-refractivity contribution in [2.45, 2.75) is 26.7 Å². The van der Waals surface area contributed by atoms with Crippen LogP contribution in [-0.4, -0.2) is 11.1 Å². The van der Waals surface area contributed by atoms with Crippen molar-refractivity contribution in [3.05, 3.63) is 23.8 Å². The van der Waals surface area contributed by atoms with Crippen molar-refractivity contribution >= 4 is 5.97 Å². The van der Waals surface area contributed by atoms with Gasteiger partial charge in [-0.2, -0.15) is 0 Å². The normalized spacial score (nSPS) is 28.3. The third-order valence-electron chi connectivity index (χ3n) is 2.12. The third kappa shape index (κ3) is 2.22. The molecular formula is C10H14O2. The van der Waals surface area contributed by atoms with Crippen LogP contribution < -0.4 is 0 Å². The van der Waals surface area contributed by atoms with Crippen LogP contribution >= 0.6 is 0 Å². The van der Waals surface area contributed by atoms with E-state index in [0.29, 0.717) is 0 Å². The Bertz CT molecular complexity index is 247. The quantitative estimate of drug-likeness (QED) is 0.683. The van der Waals surface area contributed by atoms with E-state index in [-0.39, 0.29) is 11.8 Å². The maximum absolute atomic E-state index is 10.5. The van der Waals surface area contributed by atoms with Crippen LogP contribution in [0, 0.1) is 5.41 Å². The summed E-state index contributed by atoms with van der Waals surface area (Å²) in [5, 5.41) is 8.66. The highest BCUT2D eigenvalue weighted by Crippen LogP contribution is 2.34. The number of allylic oxidation sites excluding steroid dienone is 4. The van der Waals surface area contributed by atoms with E-state index in [1.165, 1.54) is 5.57 Å². The summed E-state index contributed by atoms with van der Waals surface area (Å²) in [7, 11) is 0. The summed E-state index contributed by atoms with van der Waals surface area (Å²) in [5.74, 6) is -0.725. The van der Waals surface area contributed by atoms with Gasteiger partial charge in [-0.1, -0.05) is 30.7 Å². The van der Waals surface area contributed by atoms with Gasteiger partial charge in [0.15, 0.2) is 0 Å². The number of carbonyl (C=O) groups is 1. The third-order valence-corrected chi connectivity index (χ3v) is 2.12. The van der Waals surface area contributed by atoms with Crippen molar-refractivity contribution in [1.29, 1.82) is 0 Å². The fourth-order valence-electron chi connectivity index (χ4n) is 1.67. The van der Waals surface area contributed by atoms with E-state index in [0.717, 1.165) is 6.42 Å². The molecule has 0 radical (unpaired) electrons. The molecule has 0 aliphatic heterocycles. The molecule has 0 fully saturated rings. The first-order valence-electron chi connectivity index (χ1n) is 4.09. The lowest BCUT2D eigenvalue weighted by Gasteiger charge is -2.26. The molecule has 0 saturated heterocycles. The molecule has 1 unspecified atom stereocenters. The van der Waals surface area contributed by atoms with E-state index in [9.17, 15) is 4.79 Å². The molecule has 1 aliphatic rings. The van der Waals surface area contributed by atoms with Crippen molar-refractivity contribution < 1.29 is 9.90 Å². The molecule has 0 aromatic heterocycles. The molecule has 0 aromatic rings. The smallest absolute Gasteiger partial charge is 0.304 e. The lowest BCUT2D eigenvalue weighted by Crippen LogP contribution is -2.20. The molecule has 1 aliphatic carbocycles. The molecule has 0 heterocycles. The molecule has 1 atom stereocenters. The molecule has 0 spiro atoms. The van der Waals surface area contributed by atoms with E-state index < -0.39 is 5.97 Å². The predicted molar refractivity (Wildman–Crippen MR) is 47.9 cm³/mol. The van der Waals surface area contributed by atoms with Crippen LogP contribution in [0.4, 0.5) is 0 Å². The first-order chi connectivity index (χ1) is 5.52. The maximum Gasteiger partial charge on any atom is 0.304 e. The second-order valence-corrected chi connectivity index (χ2v) is 3.77. The molecule has 66 valence electrons. The monoisotopic (exact) mass is 166 g/mol. The van der Waals surface area contributed by atoms with Crippen molar-refractivity contribution in [1.82, 2.24) is 0 Å². The van der Waals surface area contributed by atoms with Gasteiger partial charge in [-0.3, -0.25) is 4.79 Å². The van der Waals surface area contributed by atoms with Gasteiger partial charge >= 0.3 is 5.97 Å². The van der Waals surface area contributed by atoms with E-state index >= 15 is 0 Å². The van der Waals surface area contributed by atoms with Crippen LogP contribution in [0.5, 0.6) is 0 Å². The van der Waals surface area contributed by atoms with E-state index in [1.807, 2.05) is 32.1 Å². The molecule has 1 rings (SSSR count). The maximum atomic E-state index is 10.5. The van der Waals surface area contributed by atoms with Gasteiger partial charge in [-0.05, 0) is 18.8 Å². The Kier molecular flexibility index (Phi) is 2.36. The van der Waals surface area contributed by atoms with Gasteiger partial charge in [0.05, 0.1) is 6.42 Å². The second kappa shape index (κ2) is 3.13. The minimum Gasteiger partial charge on any atom is -0.481 e. The molecular weight excluding hydrogens is 152 g/mol. The first-order valence-corrected chi connectivity index (χ1v) is 4.09. The lowest BCUT2D eigenvalue weighted by molar-refractivity contribution is -0.138. The summed E-state index contributed by atoms with van der Waals surface area (Å²) in [6, 6.07) is 0. The molecule has 0 aromatic carbocycles. The van der Waals surface area contributed by atoms with Crippen molar-refractivity contribution in [2.24, 2.45) is 5.41 Å².